The molecule has 0 amide bonds. The van der Waals surface area contributed by atoms with Crippen LogP contribution in [0.3, 0.4) is 0 Å². The first kappa shape index (κ1) is 14.6. The molecule has 0 saturated heterocycles. The van der Waals surface area contributed by atoms with Gasteiger partial charge in [0.25, 0.3) is 0 Å². The van der Waals surface area contributed by atoms with Gasteiger partial charge in [-0.25, -0.2) is 0 Å². The quantitative estimate of drug-likeness (QED) is 0.605. The van der Waals surface area contributed by atoms with E-state index in [1.807, 2.05) is 17.8 Å². The Kier molecular flexibility index (Phi) is 7.43. The monoisotopic (exact) mass is 311 g/mol. The number of rotatable bonds is 7. The van der Waals surface area contributed by atoms with Crippen LogP contribution in [0.2, 0.25) is 0 Å². The number of hydrogen-bond donors (Lipinski definition) is 1. The summed E-state index contributed by atoms with van der Waals surface area (Å²) in [5.74, 6) is 3.76. The van der Waals surface area contributed by atoms with Gasteiger partial charge in [-0.05, 0) is 41.0 Å². The number of nitrogens with one attached hydrogen (secondary N) is 1. The maximum absolute atomic E-state index is 5.31. The highest BCUT2D eigenvalue weighted by Crippen LogP contribution is 2.27. The second kappa shape index (κ2) is 8.63. The highest BCUT2D eigenvalue weighted by atomic mass is 79.9. The van der Waals surface area contributed by atoms with Crippen LogP contribution in [0.25, 0.3) is 0 Å². The highest BCUT2D eigenvalue weighted by Gasteiger charge is 2.08. The molecule has 0 aliphatic heterocycles. The lowest BCUT2D eigenvalue weighted by Gasteiger charge is -2.16. The Morgan fingerprint density at radius 3 is 2.88 bits per heavy atom. The van der Waals surface area contributed by atoms with Gasteiger partial charge in [-0.15, -0.1) is 24.1 Å². The van der Waals surface area contributed by atoms with Gasteiger partial charge in [-0.1, -0.05) is 19.1 Å². The minimum Gasteiger partial charge on any atom is -0.313 e. The lowest BCUT2D eigenvalue weighted by atomic mass is 10.2. The van der Waals surface area contributed by atoms with Crippen molar-refractivity contribution in [1.82, 2.24) is 5.32 Å². The molecule has 3 heteroatoms. The maximum Gasteiger partial charge on any atom is 0.0311 e. The van der Waals surface area contributed by atoms with Gasteiger partial charge in [0.05, 0.1) is 0 Å². The Labute approximate surface area is 117 Å². The molecule has 1 aromatic rings. The topological polar surface area (TPSA) is 12.0 Å². The van der Waals surface area contributed by atoms with E-state index >= 15 is 0 Å². The summed E-state index contributed by atoms with van der Waals surface area (Å²) in [6, 6.07) is 8.81. The predicted octanol–water partition coefficient (Wildman–Crippen LogP) is 3.93. The summed E-state index contributed by atoms with van der Waals surface area (Å²) in [7, 11) is 0. The average molecular weight is 312 g/mol. The van der Waals surface area contributed by atoms with Gasteiger partial charge in [0.15, 0.2) is 0 Å². The zero-order valence-corrected chi connectivity index (χ0v) is 12.5. The third-order valence-corrected chi connectivity index (χ3v) is 4.60. The maximum atomic E-state index is 5.31. The molecule has 0 radical (unpaired) electrons. The Hall–Kier alpha value is -0.430. The largest absolute Gasteiger partial charge is 0.313 e. The highest BCUT2D eigenvalue weighted by molar-refractivity contribution is 9.10. The zero-order valence-electron chi connectivity index (χ0n) is 10.1. The van der Waals surface area contributed by atoms with Crippen molar-refractivity contribution in [2.24, 2.45) is 0 Å². The van der Waals surface area contributed by atoms with Gasteiger partial charge in [-0.3, -0.25) is 0 Å². The third kappa shape index (κ3) is 5.63. The van der Waals surface area contributed by atoms with Crippen molar-refractivity contribution in [2.45, 2.75) is 30.7 Å². The normalized spacial score (nSPS) is 12.1. The molecule has 0 aliphatic rings. The average Bonchev–Trinajstić information content (AvgIpc) is 2.34. The molecule has 1 aromatic carbocycles. The number of terminal acetylenes is 1. The van der Waals surface area contributed by atoms with Gasteiger partial charge < -0.3 is 5.32 Å². The summed E-state index contributed by atoms with van der Waals surface area (Å²) in [5, 5.41) is 3.48. The Morgan fingerprint density at radius 1 is 1.47 bits per heavy atom. The van der Waals surface area contributed by atoms with Crippen LogP contribution in [-0.4, -0.2) is 18.3 Å². The van der Waals surface area contributed by atoms with Gasteiger partial charge in [0.1, 0.15) is 0 Å². The predicted molar refractivity (Wildman–Crippen MR) is 80.4 cm³/mol. The first-order valence-electron chi connectivity index (χ1n) is 5.82. The number of hydrogen-bond acceptors (Lipinski definition) is 2. The van der Waals surface area contributed by atoms with E-state index in [0.29, 0.717) is 6.04 Å². The van der Waals surface area contributed by atoms with Gasteiger partial charge in [-0.2, -0.15) is 0 Å². The second-order valence-corrected chi connectivity index (χ2v) is 5.65. The van der Waals surface area contributed by atoms with Gasteiger partial charge >= 0.3 is 0 Å². The molecule has 17 heavy (non-hydrogen) atoms. The van der Waals surface area contributed by atoms with E-state index in [0.717, 1.165) is 29.6 Å². The van der Waals surface area contributed by atoms with Crippen LogP contribution in [0.5, 0.6) is 0 Å². The number of thioether (sulfide) groups is 1. The molecule has 1 N–H and O–H groups in total. The number of halogens is 1. The minimum atomic E-state index is 0.494. The molecule has 0 aliphatic carbocycles. The van der Waals surface area contributed by atoms with Crippen molar-refractivity contribution < 1.29 is 0 Å². The van der Waals surface area contributed by atoms with E-state index in [2.05, 4.69) is 52.3 Å². The van der Waals surface area contributed by atoms with Crippen LogP contribution in [0.4, 0.5) is 0 Å². The van der Waals surface area contributed by atoms with E-state index in [1.54, 1.807) is 0 Å². The SMILES string of the molecule is C#CCCC(CSc1ccccc1Br)NCC. The third-order valence-electron chi connectivity index (χ3n) is 2.41. The number of benzene rings is 1. The van der Waals surface area contributed by atoms with Crippen molar-refractivity contribution >= 4 is 27.7 Å². The van der Waals surface area contributed by atoms with E-state index < -0.39 is 0 Å². The summed E-state index contributed by atoms with van der Waals surface area (Å²) in [6.45, 7) is 3.12. The molecular formula is C14H18BrNS. The van der Waals surface area contributed by atoms with Crippen molar-refractivity contribution in [3.8, 4) is 12.3 Å². The summed E-state index contributed by atoms with van der Waals surface area (Å²) in [5.41, 5.74) is 0. The molecule has 0 aromatic heterocycles. The molecule has 92 valence electrons. The second-order valence-electron chi connectivity index (χ2n) is 3.74. The Bertz CT molecular complexity index is 373. The van der Waals surface area contributed by atoms with Crippen LogP contribution in [-0.2, 0) is 0 Å². The molecule has 1 unspecified atom stereocenters. The summed E-state index contributed by atoms with van der Waals surface area (Å²) >= 11 is 5.43. The zero-order chi connectivity index (χ0) is 12.5. The molecule has 0 heterocycles. The smallest absolute Gasteiger partial charge is 0.0311 e. The summed E-state index contributed by atoms with van der Waals surface area (Å²) in [4.78, 5) is 1.29. The first-order valence-corrected chi connectivity index (χ1v) is 7.60. The van der Waals surface area contributed by atoms with Crippen LogP contribution < -0.4 is 5.32 Å². The van der Waals surface area contributed by atoms with Crippen molar-refractivity contribution in [1.29, 1.82) is 0 Å². The minimum absolute atomic E-state index is 0.494. The Morgan fingerprint density at radius 2 is 2.24 bits per heavy atom. The molecule has 0 fully saturated rings. The van der Waals surface area contributed by atoms with E-state index in [1.165, 1.54) is 4.90 Å². The fraction of sp³-hybridized carbons (Fsp3) is 0.429. The van der Waals surface area contributed by atoms with Crippen LogP contribution in [0.15, 0.2) is 33.6 Å². The Balaban J connectivity index is 2.46. The van der Waals surface area contributed by atoms with Crippen molar-refractivity contribution in [2.75, 3.05) is 12.3 Å². The van der Waals surface area contributed by atoms with Gasteiger partial charge in [0.2, 0.25) is 0 Å². The molecule has 1 atom stereocenters. The fourth-order valence-corrected chi connectivity index (χ4v) is 3.22. The summed E-state index contributed by atoms with van der Waals surface area (Å²) < 4.78 is 1.16. The van der Waals surface area contributed by atoms with Crippen molar-refractivity contribution in [3.63, 3.8) is 0 Å². The molecule has 0 bridgehead atoms. The van der Waals surface area contributed by atoms with Gasteiger partial charge in [0, 0.05) is 27.6 Å². The van der Waals surface area contributed by atoms with E-state index in [9.17, 15) is 0 Å². The lowest BCUT2D eigenvalue weighted by molar-refractivity contribution is 0.545. The van der Waals surface area contributed by atoms with Crippen molar-refractivity contribution in [3.05, 3.63) is 28.7 Å². The molecule has 1 rings (SSSR count). The fourth-order valence-electron chi connectivity index (χ4n) is 1.54. The molecule has 1 nitrogen and oxygen atoms in total. The lowest BCUT2D eigenvalue weighted by Crippen LogP contribution is -2.30. The first-order chi connectivity index (χ1) is 8.27. The van der Waals surface area contributed by atoms with Crippen LogP contribution >= 0.6 is 27.7 Å². The standard InChI is InChI=1S/C14H18BrNS/c1-3-5-8-12(16-4-2)11-17-14-10-7-6-9-13(14)15/h1,6-7,9-10,12,16H,4-5,8,11H2,2H3. The molecule has 0 spiro atoms. The molecular weight excluding hydrogens is 294 g/mol. The van der Waals surface area contributed by atoms with Crippen LogP contribution in [0.1, 0.15) is 19.8 Å². The van der Waals surface area contributed by atoms with E-state index in [-0.39, 0.29) is 0 Å². The molecule has 0 saturated carbocycles. The summed E-state index contributed by atoms with van der Waals surface area (Å²) in [6.07, 6.45) is 7.20. The van der Waals surface area contributed by atoms with Crippen LogP contribution in [0, 0.1) is 12.3 Å². The van der Waals surface area contributed by atoms with E-state index in [4.69, 9.17) is 6.42 Å².